The molecule has 0 radical (unpaired) electrons. The Labute approximate surface area is 127 Å². The number of nitrogens with zero attached hydrogens (tertiary/aromatic N) is 1. The minimum absolute atomic E-state index is 0.140. The van der Waals surface area contributed by atoms with Crippen molar-refractivity contribution in [2.75, 3.05) is 24.6 Å². The maximum Gasteiger partial charge on any atom is 0.150 e. The zero-order valence-corrected chi connectivity index (χ0v) is 13.4. The molecule has 21 heavy (non-hydrogen) atoms. The van der Waals surface area contributed by atoms with E-state index in [1.54, 1.807) is 6.07 Å². The molecule has 1 aromatic rings. The van der Waals surface area contributed by atoms with E-state index in [-0.39, 0.29) is 17.3 Å². The fourth-order valence-electron chi connectivity index (χ4n) is 2.54. The highest BCUT2D eigenvalue weighted by molar-refractivity contribution is 5.51. The molecule has 0 aliphatic carbocycles. The topological polar surface area (TPSA) is 38.5 Å². The van der Waals surface area contributed by atoms with E-state index in [1.807, 2.05) is 11.0 Å². The Morgan fingerprint density at radius 3 is 2.76 bits per heavy atom. The SMILES string of the molecule is CC(C)(C)CCOc1ccc(N2CCCC(N)C2)c(F)c1. The van der Waals surface area contributed by atoms with Crippen LogP contribution in [-0.2, 0) is 0 Å². The van der Waals surface area contributed by atoms with E-state index in [0.717, 1.165) is 32.4 Å². The Kier molecular flexibility index (Phi) is 5.09. The van der Waals surface area contributed by atoms with E-state index in [1.165, 1.54) is 6.07 Å². The second kappa shape index (κ2) is 6.65. The largest absolute Gasteiger partial charge is 0.493 e. The van der Waals surface area contributed by atoms with Gasteiger partial charge in [0.2, 0.25) is 0 Å². The molecule has 2 N–H and O–H groups in total. The first-order chi connectivity index (χ1) is 9.85. The van der Waals surface area contributed by atoms with Gasteiger partial charge in [-0.2, -0.15) is 0 Å². The number of nitrogens with two attached hydrogens (primary N) is 1. The first-order valence-corrected chi connectivity index (χ1v) is 7.78. The van der Waals surface area contributed by atoms with E-state index in [9.17, 15) is 4.39 Å². The first-order valence-electron chi connectivity index (χ1n) is 7.78. The van der Waals surface area contributed by atoms with E-state index >= 15 is 0 Å². The van der Waals surface area contributed by atoms with Crippen molar-refractivity contribution < 1.29 is 9.13 Å². The lowest BCUT2D eigenvalue weighted by Gasteiger charge is -2.32. The van der Waals surface area contributed by atoms with Crippen molar-refractivity contribution >= 4 is 5.69 Å². The Hall–Kier alpha value is -1.29. The summed E-state index contributed by atoms with van der Waals surface area (Å²) in [5.74, 6) is 0.374. The monoisotopic (exact) mass is 294 g/mol. The third-order valence-corrected chi connectivity index (χ3v) is 3.84. The smallest absolute Gasteiger partial charge is 0.150 e. The number of halogens is 1. The number of anilines is 1. The molecule has 2 rings (SSSR count). The number of piperidine rings is 1. The van der Waals surface area contributed by atoms with Gasteiger partial charge in [0.15, 0.2) is 0 Å². The summed E-state index contributed by atoms with van der Waals surface area (Å²) in [6.07, 6.45) is 2.98. The van der Waals surface area contributed by atoms with Crippen molar-refractivity contribution in [2.45, 2.75) is 46.1 Å². The van der Waals surface area contributed by atoms with Crippen LogP contribution in [0, 0.1) is 11.2 Å². The van der Waals surface area contributed by atoms with Gasteiger partial charge in [0.25, 0.3) is 0 Å². The van der Waals surface area contributed by atoms with Gasteiger partial charge in [0, 0.05) is 25.2 Å². The molecule has 0 aromatic heterocycles. The normalized spacial score (nSPS) is 19.7. The van der Waals surface area contributed by atoms with Crippen LogP contribution in [0.3, 0.4) is 0 Å². The lowest BCUT2D eigenvalue weighted by molar-refractivity contribution is 0.242. The summed E-state index contributed by atoms with van der Waals surface area (Å²) in [5.41, 5.74) is 6.82. The molecule has 0 bridgehead atoms. The summed E-state index contributed by atoms with van der Waals surface area (Å²) in [6.45, 7) is 8.70. The first kappa shape index (κ1) is 16.1. The minimum Gasteiger partial charge on any atom is -0.493 e. The maximum absolute atomic E-state index is 14.3. The van der Waals surface area contributed by atoms with Crippen LogP contribution in [0.15, 0.2) is 18.2 Å². The predicted octanol–water partition coefficient (Wildman–Crippen LogP) is 3.57. The molecule has 1 unspecified atom stereocenters. The molecule has 0 saturated carbocycles. The Morgan fingerprint density at radius 2 is 2.14 bits per heavy atom. The lowest BCUT2D eigenvalue weighted by atomic mass is 9.93. The molecule has 1 aliphatic rings. The van der Waals surface area contributed by atoms with Crippen molar-refractivity contribution in [3.8, 4) is 5.75 Å². The highest BCUT2D eigenvalue weighted by Gasteiger charge is 2.19. The number of rotatable bonds is 4. The highest BCUT2D eigenvalue weighted by atomic mass is 19.1. The lowest BCUT2D eigenvalue weighted by Crippen LogP contribution is -2.43. The molecule has 1 atom stereocenters. The van der Waals surface area contributed by atoms with Crippen LogP contribution in [0.5, 0.6) is 5.75 Å². The quantitative estimate of drug-likeness (QED) is 0.922. The van der Waals surface area contributed by atoms with Gasteiger partial charge < -0.3 is 15.4 Å². The van der Waals surface area contributed by atoms with E-state index in [4.69, 9.17) is 10.5 Å². The zero-order valence-electron chi connectivity index (χ0n) is 13.4. The average molecular weight is 294 g/mol. The van der Waals surface area contributed by atoms with Crippen molar-refractivity contribution in [3.05, 3.63) is 24.0 Å². The standard InChI is InChI=1S/C17H27FN2O/c1-17(2,3)8-10-21-14-6-7-16(15(18)11-14)20-9-4-5-13(19)12-20/h6-7,11,13H,4-5,8-10,12,19H2,1-3H3. The predicted molar refractivity (Wildman–Crippen MR) is 85.4 cm³/mol. The molecule has 3 nitrogen and oxygen atoms in total. The second-order valence-electron chi connectivity index (χ2n) is 7.12. The Bertz CT molecular complexity index is 470. The van der Waals surface area contributed by atoms with Gasteiger partial charge in [0.05, 0.1) is 12.3 Å². The summed E-state index contributed by atoms with van der Waals surface area (Å²) in [5, 5.41) is 0. The molecule has 0 spiro atoms. The van der Waals surface area contributed by atoms with Crippen molar-refractivity contribution in [2.24, 2.45) is 11.1 Å². The van der Waals surface area contributed by atoms with Gasteiger partial charge in [-0.3, -0.25) is 0 Å². The van der Waals surface area contributed by atoms with Crippen LogP contribution in [0.1, 0.15) is 40.0 Å². The molecular weight excluding hydrogens is 267 g/mol. The fourth-order valence-corrected chi connectivity index (χ4v) is 2.54. The molecule has 1 fully saturated rings. The third kappa shape index (κ3) is 4.88. The van der Waals surface area contributed by atoms with E-state index < -0.39 is 0 Å². The van der Waals surface area contributed by atoms with E-state index in [0.29, 0.717) is 18.0 Å². The van der Waals surface area contributed by atoms with Gasteiger partial charge in [-0.15, -0.1) is 0 Å². The van der Waals surface area contributed by atoms with Crippen molar-refractivity contribution in [1.29, 1.82) is 0 Å². The van der Waals surface area contributed by atoms with Gasteiger partial charge in [-0.25, -0.2) is 4.39 Å². The van der Waals surface area contributed by atoms with Gasteiger partial charge in [-0.1, -0.05) is 20.8 Å². The van der Waals surface area contributed by atoms with Gasteiger partial charge in [-0.05, 0) is 36.8 Å². The van der Waals surface area contributed by atoms with Crippen LogP contribution in [-0.4, -0.2) is 25.7 Å². The Morgan fingerprint density at radius 1 is 1.38 bits per heavy atom. The summed E-state index contributed by atoms with van der Waals surface area (Å²) in [7, 11) is 0. The third-order valence-electron chi connectivity index (χ3n) is 3.84. The van der Waals surface area contributed by atoms with Crippen molar-refractivity contribution in [3.63, 3.8) is 0 Å². The summed E-state index contributed by atoms with van der Waals surface area (Å²) in [4.78, 5) is 2.03. The second-order valence-corrected chi connectivity index (χ2v) is 7.12. The minimum atomic E-state index is -0.225. The molecule has 1 aliphatic heterocycles. The summed E-state index contributed by atoms with van der Waals surface area (Å²) >= 11 is 0. The van der Waals surface area contributed by atoms with Crippen LogP contribution < -0.4 is 15.4 Å². The number of hydrogen-bond acceptors (Lipinski definition) is 3. The average Bonchev–Trinajstić information content (AvgIpc) is 2.37. The molecule has 1 aromatic carbocycles. The molecule has 0 amide bonds. The van der Waals surface area contributed by atoms with Crippen molar-refractivity contribution in [1.82, 2.24) is 0 Å². The molecule has 1 saturated heterocycles. The highest BCUT2D eigenvalue weighted by Crippen LogP contribution is 2.27. The zero-order chi connectivity index (χ0) is 15.5. The van der Waals surface area contributed by atoms with Crippen LogP contribution in [0.2, 0.25) is 0 Å². The molecule has 4 heteroatoms. The van der Waals surface area contributed by atoms with Crippen LogP contribution in [0.25, 0.3) is 0 Å². The van der Waals surface area contributed by atoms with Crippen LogP contribution in [0.4, 0.5) is 10.1 Å². The number of benzene rings is 1. The van der Waals surface area contributed by atoms with Crippen LogP contribution >= 0.6 is 0 Å². The molecule has 1 heterocycles. The maximum atomic E-state index is 14.3. The summed E-state index contributed by atoms with van der Waals surface area (Å²) in [6, 6.07) is 5.28. The van der Waals surface area contributed by atoms with Gasteiger partial charge in [0.1, 0.15) is 11.6 Å². The number of ether oxygens (including phenoxy) is 1. The molecule has 118 valence electrons. The Balaban J connectivity index is 1.97. The fraction of sp³-hybridized carbons (Fsp3) is 0.647. The molecular formula is C17H27FN2O. The summed E-state index contributed by atoms with van der Waals surface area (Å²) < 4.78 is 19.9. The van der Waals surface area contributed by atoms with E-state index in [2.05, 4.69) is 20.8 Å². The van der Waals surface area contributed by atoms with Gasteiger partial charge >= 0.3 is 0 Å². The number of hydrogen-bond donors (Lipinski definition) is 1.